The third-order valence-corrected chi connectivity index (χ3v) is 6.82. The molecule has 0 saturated carbocycles. The summed E-state index contributed by atoms with van der Waals surface area (Å²) in [5, 5.41) is 20.2. The van der Waals surface area contributed by atoms with Crippen molar-refractivity contribution in [2.45, 2.75) is 52.1 Å². The van der Waals surface area contributed by atoms with Gasteiger partial charge in [-0.15, -0.1) is 0 Å². The van der Waals surface area contributed by atoms with Gasteiger partial charge >= 0.3 is 10.2 Å². The van der Waals surface area contributed by atoms with Crippen molar-refractivity contribution >= 4 is 21.8 Å². The number of carbonyl (C=O) groups excluding carboxylic acids is 1. The van der Waals surface area contributed by atoms with Gasteiger partial charge in [0.05, 0.1) is 6.10 Å². The van der Waals surface area contributed by atoms with Crippen molar-refractivity contribution in [3.8, 4) is 5.75 Å². The zero-order valence-electron chi connectivity index (χ0n) is 15.4. The highest BCUT2D eigenvalue weighted by atomic mass is 32.2. The molecule has 3 N–H and O–H groups in total. The van der Waals surface area contributed by atoms with Crippen LogP contribution in [0.1, 0.15) is 44.2 Å². The molecule has 2 aliphatic rings. The molecule has 7 nitrogen and oxygen atoms in total. The van der Waals surface area contributed by atoms with E-state index in [1.165, 1.54) is 6.07 Å². The van der Waals surface area contributed by atoms with Crippen LogP contribution >= 0.6 is 0 Å². The Kier molecular flexibility index (Phi) is 5.36. The third kappa shape index (κ3) is 3.89. The van der Waals surface area contributed by atoms with Gasteiger partial charge in [-0.2, -0.15) is 8.42 Å². The molecule has 0 radical (unpaired) electrons. The Hall–Kier alpha value is -1.87. The van der Waals surface area contributed by atoms with Crippen molar-refractivity contribution < 1.29 is 27.8 Å². The van der Waals surface area contributed by atoms with Gasteiger partial charge in [-0.3, -0.25) is 4.79 Å². The van der Waals surface area contributed by atoms with Gasteiger partial charge in [0.2, 0.25) is 0 Å². The molecule has 150 valence electrons. The quantitative estimate of drug-likeness (QED) is 0.696. The monoisotopic (exact) mass is 400 g/mol. The second-order valence-corrected chi connectivity index (χ2v) is 9.33. The molecule has 1 fully saturated rings. The van der Waals surface area contributed by atoms with Crippen LogP contribution in [-0.4, -0.2) is 37.2 Å². The first-order valence-corrected chi connectivity index (χ1v) is 10.6. The number of anilines is 1. The molecular weight excluding hydrogens is 375 g/mol. The highest BCUT2D eigenvalue weighted by molar-refractivity contribution is 7.92. The van der Waals surface area contributed by atoms with E-state index in [1.807, 2.05) is 13.8 Å². The first-order chi connectivity index (χ1) is 12.6. The molecule has 2 unspecified atom stereocenters. The van der Waals surface area contributed by atoms with E-state index in [2.05, 4.69) is 0 Å². The normalized spacial score (nSPS) is 22.6. The lowest BCUT2D eigenvalue weighted by Gasteiger charge is -2.28. The summed E-state index contributed by atoms with van der Waals surface area (Å²) in [6.07, 6.45) is 2.78. The van der Waals surface area contributed by atoms with E-state index in [4.69, 9.17) is 0 Å². The van der Waals surface area contributed by atoms with Crippen molar-refractivity contribution in [1.82, 2.24) is 4.72 Å². The smallest absolute Gasteiger partial charge is 0.326 e. The number of hydrogen-bond acceptors (Lipinski definition) is 5. The summed E-state index contributed by atoms with van der Waals surface area (Å²) in [5.74, 6) is -1.72. The maximum Gasteiger partial charge on any atom is 0.326 e. The van der Waals surface area contributed by atoms with Crippen LogP contribution in [0.2, 0.25) is 0 Å². The highest BCUT2D eigenvalue weighted by Crippen LogP contribution is 2.41. The number of aromatic hydroxyl groups is 1. The fourth-order valence-corrected chi connectivity index (χ4v) is 4.94. The SMILES string of the molecule is CC(C)C(O)CCC1CCc2cc(O)c(N3CC(=O)NS3(=O)=O)c(F)c2C1. The van der Waals surface area contributed by atoms with Crippen LogP contribution in [0.5, 0.6) is 5.75 Å². The van der Waals surface area contributed by atoms with E-state index >= 15 is 4.39 Å². The van der Waals surface area contributed by atoms with E-state index < -0.39 is 46.0 Å². The van der Waals surface area contributed by atoms with Gasteiger partial charge in [-0.05, 0) is 61.1 Å². The number of hydrogen-bond donors (Lipinski definition) is 3. The van der Waals surface area contributed by atoms with Crippen molar-refractivity contribution in [2.75, 3.05) is 10.8 Å². The number of aryl methyl sites for hydroxylation is 1. The number of amides is 1. The minimum absolute atomic E-state index is 0.159. The summed E-state index contributed by atoms with van der Waals surface area (Å²) in [5.41, 5.74) is 0.563. The van der Waals surface area contributed by atoms with Crippen LogP contribution in [0, 0.1) is 17.7 Å². The van der Waals surface area contributed by atoms with E-state index in [-0.39, 0.29) is 11.8 Å². The Morgan fingerprint density at radius 3 is 2.70 bits per heavy atom. The predicted molar refractivity (Wildman–Crippen MR) is 98.1 cm³/mol. The lowest BCUT2D eigenvalue weighted by Crippen LogP contribution is -2.31. The van der Waals surface area contributed by atoms with Crippen LogP contribution in [-0.2, 0) is 27.8 Å². The number of halogens is 1. The minimum atomic E-state index is -4.20. The molecule has 0 bridgehead atoms. The van der Waals surface area contributed by atoms with Gasteiger partial charge in [0.1, 0.15) is 18.0 Å². The maximum atomic E-state index is 15.2. The van der Waals surface area contributed by atoms with E-state index in [0.29, 0.717) is 34.7 Å². The molecular formula is C18H25FN2O5S. The topological polar surface area (TPSA) is 107 Å². The molecule has 1 aromatic rings. The predicted octanol–water partition coefficient (Wildman–Crippen LogP) is 1.61. The minimum Gasteiger partial charge on any atom is -0.506 e. The van der Waals surface area contributed by atoms with Gasteiger partial charge < -0.3 is 10.2 Å². The van der Waals surface area contributed by atoms with Gasteiger partial charge in [-0.25, -0.2) is 13.4 Å². The number of fused-ring (bicyclic) bond motifs is 1. The maximum absolute atomic E-state index is 15.2. The van der Waals surface area contributed by atoms with Crippen molar-refractivity contribution in [3.05, 3.63) is 23.0 Å². The summed E-state index contributed by atoms with van der Waals surface area (Å²) >= 11 is 0. The second kappa shape index (κ2) is 7.27. The van der Waals surface area contributed by atoms with Crippen LogP contribution in [0.15, 0.2) is 6.07 Å². The Labute approximate surface area is 158 Å². The zero-order chi connectivity index (χ0) is 19.9. The number of nitrogens with zero attached hydrogens (tertiary/aromatic N) is 1. The third-order valence-electron chi connectivity index (χ3n) is 5.44. The van der Waals surface area contributed by atoms with Crippen LogP contribution in [0.4, 0.5) is 10.1 Å². The Bertz CT molecular complexity index is 856. The summed E-state index contributed by atoms with van der Waals surface area (Å²) in [4.78, 5) is 11.5. The van der Waals surface area contributed by atoms with Crippen LogP contribution in [0.25, 0.3) is 0 Å². The fraction of sp³-hybridized carbons (Fsp3) is 0.611. The molecule has 2 atom stereocenters. The first-order valence-electron chi connectivity index (χ1n) is 9.14. The Morgan fingerprint density at radius 1 is 1.41 bits per heavy atom. The molecule has 0 aromatic heterocycles. The largest absolute Gasteiger partial charge is 0.506 e. The van der Waals surface area contributed by atoms with Gasteiger partial charge in [0.25, 0.3) is 5.91 Å². The van der Waals surface area contributed by atoms with Gasteiger partial charge in [0.15, 0.2) is 5.82 Å². The number of nitrogens with one attached hydrogen (secondary N) is 1. The van der Waals surface area contributed by atoms with Crippen LogP contribution in [0.3, 0.4) is 0 Å². The van der Waals surface area contributed by atoms with Crippen molar-refractivity contribution in [1.29, 1.82) is 0 Å². The van der Waals surface area contributed by atoms with Crippen LogP contribution < -0.4 is 9.03 Å². The first kappa shape index (κ1) is 19.9. The lowest BCUT2D eigenvalue weighted by atomic mass is 9.80. The van der Waals surface area contributed by atoms with Crippen molar-refractivity contribution in [2.24, 2.45) is 11.8 Å². The lowest BCUT2D eigenvalue weighted by molar-refractivity contribution is -0.117. The summed E-state index contributed by atoms with van der Waals surface area (Å²) in [7, 11) is -4.20. The number of rotatable bonds is 5. The Morgan fingerprint density at radius 2 is 2.11 bits per heavy atom. The van der Waals surface area contributed by atoms with E-state index in [9.17, 15) is 23.4 Å². The average Bonchev–Trinajstić information content (AvgIpc) is 2.85. The molecule has 1 aliphatic carbocycles. The fourth-order valence-electron chi connectivity index (χ4n) is 3.78. The summed E-state index contributed by atoms with van der Waals surface area (Å²) < 4.78 is 41.6. The van der Waals surface area contributed by atoms with E-state index in [1.54, 1.807) is 4.72 Å². The van der Waals surface area contributed by atoms with Gasteiger partial charge in [0, 0.05) is 0 Å². The molecule has 0 spiro atoms. The number of aliphatic hydroxyl groups is 1. The van der Waals surface area contributed by atoms with E-state index in [0.717, 1.165) is 12.8 Å². The second-order valence-electron chi connectivity index (χ2n) is 7.73. The van der Waals surface area contributed by atoms with Gasteiger partial charge in [-0.1, -0.05) is 13.8 Å². The molecule has 9 heteroatoms. The Balaban J connectivity index is 1.87. The number of phenolic OH excluding ortho intramolecular Hbond substituents is 1. The average molecular weight is 400 g/mol. The molecule has 1 heterocycles. The molecule has 1 saturated heterocycles. The number of benzene rings is 1. The molecule has 1 aliphatic heterocycles. The summed E-state index contributed by atoms with van der Waals surface area (Å²) in [6, 6.07) is 1.39. The zero-order valence-corrected chi connectivity index (χ0v) is 16.2. The molecule has 1 aromatic carbocycles. The molecule has 27 heavy (non-hydrogen) atoms. The summed E-state index contributed by atoms with van der Waals surface area (Å²) in [6.45, 7) is 3.33. The molecule has 3 rings (SSSR count). The standard InChI is InChI=1S/C18H25FN2O5S/c1-10(2)14(22)6-4-11-3-5-12-8-15(23)18(17(19)13(12)7-11)21-9-16(24)20-27(21,25)26/h8,10-11,14,22-23H,3-7,9H2,1-2H3,(H,20,24). The van der Waals surface area contributed by atoms with Crippen molar-refractivity contribution in [3.63, 3.8) is 0 Å². The number of phenols is 1. The molecule has 1 amide bonds. The highest BCUT2D eigenvalue weighted by Gasteiger charge is 2.39. The number of carbonyl (C=O) groups is 1. The number of aliphatic hydroxyl groups excluding tert-OH is 1.